The zero-order valence-electron chi connectivity index (χ0n) is 8.60. The van der Waals surface area contributed by atoms with Crippen LogP contribution in [0.2, 0.25) is 0 Å². The number of hydrogen-bond acceptors (Lipinski definition) is 3. The lowest BCUT2D eigenvalue weighted by molar-refractivity contribution is 0.0183. The van der Waals surface area contributed by atoms with Gasteiger partial charge in [0, 0.05) is 26.2 Å². The first kappa shape index (κ1) is 11.5. The number of imidazole rings is 1. The van der Waals surface area contributed by atoms with Crippen molar-refractivity contribution in [3.05, 3.63) is 12.5 Å². The van der Waals surface area contributed by atoms with Crippen molar-refractivity contribution in [1.82, 2.24) is 13.9 Å². The Morgan fingerprint density at radius 3 is 2.62 bits per heavy atom. The first-order valence-corrected chi connectivity index (χ1v) is 6.11. The van der Waals surface area contributed by atoms with Crippen molar-refractivity contribution >= 4 is 10.0 Å². The van der Waals surface area contributed by atoms with Gasteiger partial charge in [0.15, 0.2) is 5.03 Å². The van der Waals surface area contributed by atoms with Gasteiger partial charge in [-0.25, -0.2) is 22.2 Å². The molecule has 0 aromatic carbocycles. The molecule has 0 amide bonds. The summed E-state index contributed by atoms with van der Waals surface area (Å²) in [6.45, 7) is -0.919. The lowest BCUT2D eigenvalue weighted by Gasteiger charge is -2.13. The molecule has 0 N–H and O–H groups in total. The molecule has 0 saturated carbocycles. The fourth-order valence-electron chi connectivity index (χ4n) is 1.56. The Morgan fingerprint density at radius 2 is 2.19 bits per heavy atom. The van der Waals surface area contributed by atoms with E-state index >= 15 is 0 Å². The van der Waals surface area contributed by atoms with Gasteiger partial charge in [-0.15, -0.1) is 0 Å². The molecule has 5 nitrogen and oxygen atoms in total. The topological polar surface area (TPSA) is 55.2 Å². The van der Waals surface area contributed by atoms with Crippen LogP contribution in [0.25, 0.3) is 0 Å². The summed E-state index contributed by atoms with van der Waals surface area (Å²) in [6.07, 6.45) is 2.19. The van der Waals surface area contributed by atoms with E-state index in [9.17, 15) is 17.2 Å². The molecule has 2 heterocycles. The molecule has 1 aliphatic rings. The Morgan fingerprint density at radius 1 is 1.50 bits per heavy atom. The predicted molar refractivity (Wildman–Crippen MR) is 51.5 cm³/mol. The van der Waals surface area contributed by atoms with Crippen molar-refractivity contribution in [2.24, 2.45) is 7.05 Å². The third kappa shape index (κ3) is 1.94. The van der Waals surface area contributed by atoms with Gasteiger partial charge in [0.2, 0.25) is 0 Å². The van der Waals surface area contributed by atoms with Gasteiger partial charge in [0.1, 0.15) is 0 Å². The zero-order chi connectivity index (χ0) is 12.0. The lowest BCUT2D eigenvalue weighted by atomic mass is 10.3. The first-order valence-electron chi connectivity index (χ1n) is 4.67. The standard InChI is InChI=1S/C8H11F2N3O2S/c1-12-4-7(11-6-12)16(14,15)13-3-2-8(9,10)5-13/h4,6H,2-3,5H2,1H3. The Bertz CT molecular complexity index is 497. The van der Waals surface area contributed by atoms with Crippen LogP contribution in [0.1, 0.15) is 6.42 Å². The molecule has 0 aliphatic carbocycles. The fraction of sp³-hybridized carbons (Fsp3) is 0.625. The number of halogens is 2. The highest BCUT2D eigenvalue weighted by atomic mass is 32.2. The van der Waals surface area contributed by atoms with Crippen LogP contribution in [-0.2, 0) is 17.1 Å². The number of aryl methyl sites for hydroxylation is 1. The van der Waals surface area contributed by atoms with Crippen molar-refractivity contribution in [2.45, 2.75) is 17.4 Å². The van der Waals surface area contributed by atoms with Gasteiger partial charge in [-0.2, -0.15) is 4.31 Å². The van der Waals surface area contributed by atoms with E-state index in [0.29, 0.717) is 0 Å². The quantitative estimate of drug-likeness (QED) is 0.767. The Labute approximate surface area is 91.7 Å². The average Bonchev–Trinajstić information content (AvgIpc) is 2.72. The van der Waals surface area contributed by atoms with E-state index < -0.39 is 28.9 Å². The number of sulfonamides is 1. The van der Waals surface area contributed by atoms with Crippen LogP contribution in [0.3, 0.4) is 0 Å². The van der Waals surface area contributed by atoms with E-state index in [2.05, 4.69) is 4.98 Å². The van der Waals surface area contributed by atoms with Gasteiger partial charge in [-0.3, -0.25) is 0 Å². The fourth-order valence-corrected chi connectivity index (χ4v) is 3.00. The van der Waals surface area contributed by atoms with E-state index in [1.54, 1.807) is 7.05 Å². The van der Waals surface area contributed by atoms with Crippen molar-refractivity contribution in [3.63, 3.8) is 0 Å². The van der Waals surface area contributed by atoms with Gasteiger partial charge < -0.3 is 4.57 Å². The monoisotopic (exact) mass is 251 g/mol. The number of nitrogens with zero attached hydrogens (tertiary/aromatic N) is 3. The summed E-state index contributed by atoms with van der Waals surface area (Å²) >= 11 is 0. The molecular formula is C8H11F2N3O2S. The maximum absolute atomic E-state index is 12.9. The van der Waals surface area contributed by atoms with E-state index in [-0.39, 0.29) is 11.6 Å². The molecule has 0 unspecified atom stereocenters. The third-order valence-electron chi connectivity index (χ3n) is 2.42. The maximum Gasteiger partial charge on any atom is 0.262 e. The summed E-state index contributed by atoms with van der Waals surface area (Å²) < 4.78 is 51.8. The summed E-state index contributed by atoms with van der Waals surface area (Å²) in [6, 6.07) is 0. The van der Waals surface area contributed by atoms with Crippen molar-refractivity contribution < 1.29 is 17.2 Å². The second-order valence-electron chi connectivity index (χ2n) is 3.82. The SMILES string of the molecule is Cn1cnc(S(=O)(=O)N2CCC(F)(F)C2)c1. The van der Waals surface area contributed by atoms with Gasteiger partial charge in [0.05, 0.1) is 12.9 Å². The van der Waals surface area contributed by atoms with Crippen LogP contribution < -0.4 is 0 Å². The third-order valence-corrected chi connectivity index (χ3v) is 4.15. The van der Waals surface area contributed by atoms with Crippen LogP contribution in [0.4, 0.5) is 8.78 Å². The van der Waals surface area contributed by atoms with Gasteiger partial charge >= 0.3 is 0 Å². The summed E-state index contributed by atoms with van der Waals surface area (Å²) in [5.74, 6) is -2.93. The van der Waals surface area contributed by atoms with E-state index in [0.717, 1.165) is 4.31 Å². The highest BCUT2D eigenvalue weighted by Crippen LogP contribution is 2.30. The molecule has 0 spiro atoms. The molecule has 1 aromatic rings. The van der Waals surface area contributed by atoms with E-state index in [1.807, 2.05) is 0 Å². The summed E-state index contributed by atoms with van der Waals surface area (Å²) in [7, 11) is -2.25. The summed E-state index contributed by atoms with van der Waals surface area (Å²) in [5, 5.41) is -0.187. The molecule has 1 saturated heterocycles. The molecule has 0 bridgehead atoms. The molecule has 90 valence electrons. The van der Waals surface area contributed by atoms with Gasteiger partial charge in [-0.1, -0.05) is 0 Å². The Balaban J connectivity index is 2.28. The van der Waals surface area contributed by atoms with Crippen LogP contribution in [0, 0.1) is 0 Å². The van der Waals surface area contributed by atoms with Crippen molar-refractivity contribution in [3.8, 4) is 0 Å². The minimum absolute atomic E-state index is 0.161. The normalized spacial score (nSPS) is 21.4. The van der Waals surface area contributed by atoms with Crippen molar-refractivity contribution in [1.29, 1.82) is 0 Å². The smallest absolute Gasteiger partial charge is 0.262 e. The van der Waals surface area contributed by atoms with Crippen LogP contribution in [0.15, 0.2) is 17.6 Å². The van der Waals surface area contributed by atoms with Crippen LogP contribution in [0.5, 0.6) is 0 Å². The molecule has 1 aliphatic heterocycles. The second-order valence-corrected chi connectivity index (χ2v) is 5.71. The second kappa shape index (κ2) is 3.49. The highest BCUT2D eigenvalue weighted by molar-refractivity contribution is 7.89. The zero-order valence-corrected chi connectivity index (χ0v) is 9.41. The highest BCUT2D eigenvalue weighted by Gasteiger charge is 2.44. The van der Waals surface area contributed by atoms with E-state index in [1.165, 1.54) is 17.1 Å². The first-order chi connectivity index (χ1) is 7.31. The number of aromatic nitrogens is 2. The molecule has 0 atom stereocenters. The molecule has 1 aromatic heterocycles. The lowest BCUT2D eigenvalue weighted by Crippen LogP contribution is -2.31. The summed E-state index contributed by atoms with van der Waals surface area (Å²) in [4.78, 5) is 3.67. The minimum Gasteiger partial charge on any atom is -0.339 e. The van der Waals surface area contributed by atoms with Crippen molar-refractivity contribution in [2.75, 3.05) is 13.1 Å². The molecule has 0 radical (unpaired) electrons. The molecule has 8 heteroatoms. The van der Waals surface area contributed by atoms with Crippen LogP contribution in [-0.4, -0.2) is 41.3 Å². The van der Waals surface area contributed by atoms with Crippen LogP contribution >= 0.6 is 0 Å². The number of hydrogen-bond donors (Lipinski definition) is 0. The van der Waals surface area contributed by atoms with E-state index in [4.69, 9.17) is 0 Å². The maximum atomic E-state index is 12.9. The Hall–Kier alpha value is -1.02. The number of alkyl halides is 2. The Kier molecular flexibility index (Phi) is 2.50. The molecule has 16 heavy (non-hydrogen) atoms. The molecular weight excluding hydrogens is 240 g/mol. The minimum atomic E-state index is -3.87. The predicted octanol–water partition coefficient (Wildman–Crippen LogP) is 0.450. The molecule has 2 rings (SSSR count). The molecule has 1 fully saturated rings. The van der Waals surface area contributed by atoms with Gasteiger partial charge in [-0.05, 0) is 0 Å². The number of rotatable bonds is 2. The average molecular weight is 251 g/mol. The summed E-state index contributed by atoms with van der Waals surface area (Å²) in [5.41, 5.74) is 0. The largest absolute Gasteiger partial charge is 0.339 e. The van der Waals surface area contributed by atoms with Gasteiger partial charge in [0.25, 0.3) is 15.9 Å².